The van der Waals surface area contributed by atoms with Crippen LogP contribution in [0, 0.1) is 0 Å². The van der Waals surface area contributed by atoms with E-state index in [0.29, 0.717) is 24.7 Å². The van der Waals surface area contributed by atoms with Crippen molar-refractivity contribution in [3.05, 3.63) is 11.8 Å². The molecule has 0 bridgehead atoms. The Balaban J connectivity index is 2.03. The molecule has 9 heteroatoms. The maximum atomic E-state index is 8.78. The van der Waals surface area contributed by atoms with E-state index in [9.17, 15) is 0 Å². The number of hydrogen-bond acceptors (Lipinski definition) is 9. The molecule has 0 saturated carbocycles. The minimum absolute atomic E-state index is 0.0729. The summed E-state index contributed by atoms with van der Waals surface area (Å²) >= 11 is 1.49. The van der Waals surface area contributed by atoms with Crippen LogP contribution < -0.4 is 10.5 Å². The molecule has 3 aromatic heterocycles. The van der Waals surface area contributed by atoms with Gasteiger partial charge in [-0.1, -0.05) is 6.92 Å². The third-order valence-corrected chi connectivity index (χ3v) is 4.28. The summed E-state index contributed by atoms with van der Waals surface area (Å²) < 4.78 is 11.0. The van der Waals surface area contributed by atoms with Gasteiger partial charge in [0.25, 0.3) is 0 Å². The van der Waals surface area contributed by atoms with Crippen LogP contribution in [0.5, 0.6) is 6.01 Å². The number of fused-ring (bicyclic) bond motifs is 1. The number of aliphatic hydroxyl groups is 1. The molecule has 3 aromatic rings. The number of nitrogen functional groups attached to an aromatic ring is 1. The van der Waals surface area contributed by atoms with Gasteiger partial charge in [-0.05, 0) is 22.3 Å². The fourth-order valence-electron chi connectivity index (χ4n) is 2.09. The van der Waals surface area contributed by atoms with Gasteiger partial charge in [0.15, 0.2) is 11.5 Å². The largest absolute Gasteiger partial charge is 0.463 e. The van der Waals surface area contributed by atoms with Crippen LogP contribution in [0.1, 0.15) is 18.9 Å². The van der Waals surface area contributed by atoms with Crippen LogP contribution in [0.4, 0.5) is 5.82 Å². The quantitative estimate of drug-likeness (QED) is 0.657. The van der Waals surface area contributed by atoms with Gasteiger partial charge in [-0.25, -0.2) is 9.61 Å². The number of aliphatic hydroxyl groups excluding tert-OH is 1. The number of anilines is 1. The fourth-order valence-corrected chi connectivity index (χ4v) is 3.29. The van der Waals surface area contributed by atoms with Gasteiger partial charge in [-0.2, -0.15) is 4.98 Å². The monoisotopic (exact) mass is 321 g/mol. The minimum Gasteiger partial charge on any atom is -0.463 e. The van der Waals surface area contributed by atoms with Crippen molar-refractivity contribution in [2.75, 3.05) is 18.9 Å². The molecule has 0 aliphatic heterocycles. The topological polar surface area (TPSA) is 120 Å². The Hall–Kier alpha value is -2.26. The molecule has 0 aromatic carbocycles. The summed E-state index contributed by atoms with van der Waals surface area (Å²) in [6.07, 6.45) is 3.01. The first-order valence-corrected chi connectivity index (χ1v) is 7.66. The first kappa shape index (κ1) is 14.7. The number of hydrogen-bond donors (Lipinski definition) is 2. The van der Waals surface area contributed by atoms with Crippen LogP contribution in [-0.4, -0.2) is 38.6 Å². The van der Waals surface area contributed by atoms with E-state index < -0.39 is 0 Å². The smallest absolute Gasteiger partial charge is 0.316 e. The molecule has 22 heavy (non-hydrogen) atoms. The average Bonchev–Trinajstić information content (AvgIpc) is 3.09. The predicted molar refractivity (Wildman–Crippen MR) is 81.7 cm³/mol. The second-order valence-electron chi connectivity index (χ2n) is 4.55. The number of rotatable bonds is 6. The highest BCUT2D eigenvalue weighted by Gasteiger charge is 2.20. The first-order chi connectivity index (χ1) is 10.7. The molecule has 0 aliphatic rings. The molecule has 0 saturated heterocycles. The SMILES string of the molecule is CCc1c(-c2nonc2N)sc2cnc(OCCCO)nc12. The highest BCUT2D eigenvalue weighted by Crippen LogP contribution is 2.39. The van der Waals surface area contributed by atoms with Crippen molar-refractivity contribution in [1.29, 1.82) is 0 Å². The van der Waals surface area contributed by atoms with Crippen molar-refractivity contribution >= 4 is 27.4 Å². The van der Waals surface area contributed by atoms with Crippen molar-refractivity contribution in [2.45, 2.75) is 19.8 Å². The summed E-state index contributed by atoms with van der Waals surface area (Å²) in [6, 6.07) is 0.297. The molecule has 3 N–H and O–H groups in total. The third kappa shape index (κ3) is 2.60. The van der Waals surface area contributed by atoms with Gasteiger partial charge < -0.3 is 15.6 Å². The molecular weight excluding hydrogens is 306 g/mol. The fraction of sp³-hybridized carbons (Fsp3) is 0.385. The normalized spacial score (nSPS) is 11.2. The molecule has 0 fully saturated rings. The van der Waals surface area contributed by atoms with Gasteiger partial charge in [-0.3, -0.25) is 0 Å². The first-order valence-electron chi connectivity index (χ1n) is 6.85. The average molecular weight is 321 g/mol. The number of nitrogens with zero attached hydrogens (tertiary/aromatic N) is 4. The Labute approximate surface area is 129 Å². The molecule has 0 radical (unpaired) electrons. The Morgan fingerprint density at radius 1 is 1.41 bits per heavy atom. The Kier molecular flexibility index (Phi) is 4.16. The molecule has 0 atom stereocenters. The summed E-state index contributed by atoms with van der Waals surface area (Å²) in [5.41, 5.74) is 8.14. The molecule has 0 spiro atoms. The summed E-state index contributed by atoms with van der Waals surface area (Å²) in [7, 11) is 0. The number of ether oxygens (including phenoxy) is 1. The molecule has 0 amide bonds. The standard InChI is InChI=1S/C13H15N5O3S/c1-2-7-9-8(6-15-13(16-9)20-5-3-4-19)22-11(7)10-12(14)18-21-17-10/h6,19H,2-5H2,1H3,(H2,14,18). The molecule has 116 valence electrons. The van der Waals surface area contributed by atoms with Gasteiger partial charge in [-0.15, -0.1) is 11.3 Å². The van der Waals surface area contributed by atoms with Crippen LogP contribution in [-0.2, 0) is 6.42 Å². The Morgan fingerprint density at radius 2 is 2.27 bits per heavy atom. The van der Waals surface area contributed by atoms with E-state index in [1.54, 1.807) is 6.20 Å². The molecule has 3 heterocycles. The van der Waals surface area contributed by atoms with Gasteiger partial charge in [0.05, 0.1) is 27.9 Å². The van der Waals surface area contributed by atoms with E-state index in [1.807, 2.05) is 6.92 Å². The molecule has 0 aliphatic carbocycles. The van der Waals surface area contributed by atoms with E-state index in [0.717, 1.165) is 27.1 Å². The van der Waals surface area contributed by atoms with Crippen molar-refractivity contribution in [3.63, 3.8) is 0 Å². The molecule has 3 rings (SSSR count). The summed E-state index contributed by atoms with van der Waals surface area (Å²) in [5, 5.41) is 16.3. The van der Waals surface area contributed by atoms with Crippen LogP contribution in [0.3, 0.4) is 0 Å². The van der Waals surface area contributed by atoms with Gasteiger partial charge in [0, 0.05) is 13.0 Å². The van der Waals surface area contributed by atoms with E-state index in [2.05, 4.69) is 24.9 Å². The van der Waals surface area contributed by atoms with E-state index >= 15 is 0 Å². The highest BCUT2D eigenvalue weighted by atomic mass is 32.1. The maximum Gasteiger partial charge on any atom is 0.316 e. The molecular formula is C13H15N5O3S. The molecule has 0 unspecified atom stereocenters. The van der Waals surface area contributed by atoms with Crippen LogP contribution in [0.15, 0.2) is 10.8 Å². The minimum atomic E-state index is 0.0729. The highest BCUT2D eigenvalue weighted by molar-refractivity contribution is 7.22. The lowest BCUT2D eigenvalue weighted by molar-refractivity contribution is 0.224. The number of thiophene rings is 1. The van der Waals surface area contributed by atoms with Crippen molar-refractivity contribution in [1.82, 2.24) is 20.3 Å². The van der Waals surface area contributed by atoms with E-state index in [1.165, 1.54) is 11.3 Å². The van der Waals surface area contributed by atoms with Crippen molar-refractivity contribution in [2.24, 2.45) is 0 Å². The zero-order valence-corrected chi connectivity index (χ0v) is 12.8. The third-order valence-electron chi connectivity index (χ3n) is 3.12. The second kappa shape index (κ2) is 6.24. The second-order valence-corrected chi connectivity index (χ2v) is 5.60. The lowest BCUT2D eigenvalue weighted by Crippen LogP contribution is -2.02. The van der Waals surface area contributed by atoms with Gasteiger partial charge in [0.1, 0.15) is 0 Å². The molecule has 8 nitrogen and oxygen atoms in total. The van der Waals surface area contributed by atoms with Gasteiger partial charge in [0.2, 0.25) is 0 Å². The lowest BCUT2D eigenvalue weighted by atomic mass is 10.1. The van der Waals surface area contributed by atoms with Crippen molar-refractivity contribution in [3.8, 4) is 16.6 Å². The Morgan fingerprint density at radius 3 is 2.95 bits per heavy atom. The van der Waals surface area contributed by atoms with E-state index in [-0.39, 0.29) is 12.4 Å². The zero-order valence-electron chi connectivity index (χ0n) is 11.9. The van der Waals surface area contributed by atoms with Crippen LogP contribution in [0.2, 0.25) is 0 Å². The van der Waals surface area contributed by atoms with E-state index in [4.69, 9.17) is 15.6 Å². The summed E-state index contributed by atoms with van der Waals surface area (Å²) in [6.45, 7) is 2.48. The number of aryl methyl sites for hydroxylation is 1. The maximum absolute atomic E-state index is 8.78. The van der Waals surface area contributed by atoms with Crippen LogP contribution >= 0.6 is 11.3 Å². The van der Waals surface area contributed by atoms with Crippen molar-refractivity contribution < 1.29 is 14.5 Å². The van der Waals surface area contributed by atoms with Gasteiger partial charge >= 0.3 is 6.01 Å². The number of aromatic nitrogens is 4. The summed E-state index contributed by atoms with van der Waals surface area (Å²) in [5.74, 6) is 0.258. The lowest BCUT2D eigenvalue weighted by Gasteiger charge is -2.03. The number of nitrogens with two attached hydrogens (primary N) is 1. The predicted octanol–water partition coefficient (Wildman–Crippen LogP) is 1.65. The Bertz CT molecular complexity index is 785. The van der Waals surface area contributed by atoms with Crippen LogP contribution in [0.25, 0.3) is 20.8 Å². The summed E-state index contributed by atoms with van der Waals surface area (Å²) in [4.78, 5) is 9.52. The zero-order chi connectivity index (χ0) is 15.5.